The predicted molar refractivity (Wildman–Crippen MR) is 125 cm³/mol. The van der Waals surface area contributed by atoms with Crippen molar-refractivity contribution >= 4 is 44.9 Å². The number of amides is 1. The van der Waals surface area contributed by atoms with Crippen LogP contribution < -0.4 is 10.9 Å². The van der Waals surface area contributed by atoms with Gasteiger partial charge in [0.1, 0.15) is 6.07 Å². The van der Waals surface area contributed by atoms with Crippen LogP contribution in [0.2, 0.25) is 0 Å². The van der Waals surface area contributed by atoms with E-state index in [1.807, 2.05) is 42.5 Å². The van der Waals surface area contributed by atoms with Crippen LogP contribution in [0, 0.1) is 18.3 Å². The van der Waals surface area contributed by atoms with Crippen molar-refractivity contribution in [2.24, 2.45) is 0 Å². The van der Waals surface area contributed by atoms with Gasteiger partial charge in [-0.15, -0.1) is 11.3 Å². The number of pyridine rings is 1. The standard InChI is InChI=1S/C23H18N4O2S2/c1-14-10-20(28)27-23(17(14)12-24)30-13-21(29)25-16-8-6-15(7-9-16)11-22-26-18-4-2-3-5-19(18)31-22/h2-10H,11,13H2,1H3,(H,25,29)(H,27,28). The largest absolute Gasteiger partial charge is 0.325 e. The second kappa shape index (κ2) is 9.16. The molecule has 0 radical (unpaired) electrons. The molecule has 1 amide bonds. The van der Waals surface area contributed by atoms with E-state index in [1.54, 1.807) is 18.3 Å². The molecule has 6 nitrogen and oxygen atoms in total. The zero-order chi connectivity index (χ0) is 21.8. The third-order valence-electron chi connectivity index (χ3n) is 4.60. The SMILES string of the molecule is Cc1cc(=O)[nH]c(SCC(=O)Nc2ccc(Cc3nc4ccccc4s3)cc2)c1C#N. The number of thiazole rings is 1. The van der Waals surface area contributed by atoms with Gasteiger partial charge in [-0.25, -0.2) is 4.98 Å². The van der Waals surface area contributed by atoms with E-state index in [-0.39, 0.29) is 17.2 Å². The van der Waals surface area contributed by atoms with Gasteiger partial charge in [-0.3, -0.25) is 9.59 Å². The van der Waals surface area contributed by atoms with Gasteiger partial charge in [-0.1, -0.05) is 36.0 Å². The number of aryl methyl sites for hydroxylation is 1. The van der Waals surface area contributed by atoms with Crippen molar-refractivity contribution in [3.05, 3.63) is 86.6 Å². The summed E-state index contributed by atoms with van der Waals surface area (Å²) in [7, 11) is 0. The Labute approximate surface area is 187 Å². The number of nitrogens with zero attached hydrogens (tertiary/aromatic N) is 2. The molecular weight excluding hydrogens is 428 g/mol. The number of rotatable bonds is 6. The molecule has 0 aliphatic heterocycles. The van der Waals surface area contributed by atoms with E-state index in [0.717, 1.165) is 34.3 Å². The van der Waals surface area contributed by atoms with Crippen molar-refractivity contribution in [2.75, 3.05) is 11.1 Å². The summed E-state index contributed by atoms with van der Waals surface area (Å²) < 4.78 is 1.17. The Balaban J connectivity index is 1.36. The smallest absolute Gasteiger partial charge is 0.249 e. The number of nitrogens with one attached hydrogen (secondary N) is 2. The van der Waals surface area contributed by atoms with Gasteiger partial charge >= 0.3 is 0 Å². The van der Waals surface area contributed by atoms with Crippen LogP contribution in [0.5, 0.6) is 0 Å². The van der Waals surface area contributed by atoms with Crippen molar-refractivity contribution < 1.29 is 4.79 Å². The number of hydrogen-bond acceptors (Lipinski definition) is 6. The van der Waals surface area contributed by atoms with Crippen LogP contribution in [0.4, 0.5) is 5.69 Å². The van der Waals surface area contributed by atoms with Gasteiger partial charge in [0.15, 0.2) is 0 Å². The summed E-state index contributed by atoms with van der Waals surface area (Å²) in [4.78, 5) is 31.2. The molecule has 2 aromatic carbocycles. The van der Waals surface area contributed by atoms with Gasteiger partial charge in [-0.2, -0.15) is 5.26 Å². The molecular formula is C23H18N4O2S2. The summed E-state index contributed by atoms with van der Waals surface area (Å²) in [5.41, 5.74) is 3.51. The second-order valence-electron chi connectivity index (χ2n) is 6.92. The molecule has 0 unspecified atom stereocenters. The number of nitriles is 1. The molecule has 0 saturated heterocycles. The lowest BCUT2D eigenvalue weighted by atomic mass is 10.1. The van der Waals surface area contributed by atoms with Crippen molar-refractivity contribution in [1.82, 2.24) is 9.97 Å². The molecule has 0 aliphatic rings. The Morgan fingerprint density at radius 3 is 2.74 bits per heavy atom. The van der Waals surface area contributed by atoms with Crippen LogP contribution in [0.3, 0.4) is 0 Å². The molecule has 154 valence electrons. The molecule has 0 spiro atoms. The minimum atomic E-state index is -0.289. The molecule has 0 fully saturated rings. The average molecular weight is 447 g/mol. The Hall–Kier alpha value is -3.41. The molecule has 4 rings (SSSR count). The molecule has 0 atom stereocenters. The zero-order valence-electron chi connectivity index (χ0n) is 16.6. The number of fused-ring (bicyclic) bond motifs is 1. The van der Waals surface area contributed by atoms with E-state index in [0.29, 0.717) is 21.8 Å². The summed E-state index contributed by atoms with van der Waals surface area (Å²) in [6, 6.07) is 19.2. The van der Waals surface area contributed by atoms with Crippen molar-refractivity contribution in [3.63, 3.8) is 0 Å². The number of thioether (sulfide) groups is 1. The van der Waals surface area contributed by atoms with Gasteiger partial charge in [-0.05, 0) is 42.3 Å². The van der Waals surface area contributed by atoms with Crippen LogP contribution in [-0.2, 0) is 11.2 Å². The first-order valence-electron chi connectivity index (χ1n) is 9.52. The van der Waals surface area contributed by atoms with E-state index in [1.165, 1.54) is 10.8 Å². The molecule has 2 heterocycles. The second-order valence-corrected chi connectivity index (χ2v) is 9.02. The normalized spacial score (nSPS) is 10.7. The number of carbonyl (C=O) groups is 1. The van der Waals surface area contributed by atoms with E-state index in [9.17, 15) is 14.9 Å². The summed E-state index contributed by atoms with van der Waals surface area (Å²) in [6.07, 6.45) is 0.737. The number of aromatic nitrogens is 2. The predicted octanol–water partition coefficient (Wildman–Crippen LogP) is 4.49. The van der Waals surface area contributed by atoms with E-state index >= 15 is 0 Å². The van der Waals surface area contributed by atoms with E-state index < -0.39 is 0 Å². The fourth-order valence-corrected chi connectivity index (χ4v) is 4.99. The lowest BCUT2D eigenvalue weighted by molar-refractivity contribution is -0.113. The fraction of sp³-hybridized carbons (Fsp3) is 0.130. The van der Waals surface area contributed by atoms with Gasteiger partial charge < -0.3 is 10.3 Å². The highest BCUT2D eigenvalue weighted by Crippen LogP contribution is 2.24. The third-order valence-corrected chi connectivity index (χ3v) is 6.63. The monoisotopic (exact) mass is 446 g/mol. The summed E-state index contributed by atoms with van der Waals surface area (Å²) in [6.45, 7) is 1.70. The molecule has 8 heteroatoms. The molecule has 0 aliphatic carbocycles. The first-order chi connectivity index (χ1) is 15.0. The van der Waals surface area contributed by atoms with E-state index in [4.69, 9.17) is 0 Å². The Bertz CT molecular complexity index is 1320. The molecule has 4 aromatic rings. The van der Waals surface area contributed by atoms with Crippen molar-refractivity contribution in [3.8, 4) is 6.07 Å². The van der Waals surface area contributed by atoms with Crippen molar-refractivity contribution in [1.29, 1.82) is 5.26 Å². The minimum absolute atomic E-state index is 0.0849. The van der Waals surface area contributed by atoms with Gasteiger partial charge in [0.05, 0.1) is 31.6 Å². The maximum atomic E-state index is 12.3. The minimum Gasteiger partial charge on any atom is -0.325 e. The van der Waals surface area contributed by atoms with Crippen LogP contribution in [0.15, 0.2) is 64.4 Å². The van der Waals surface area contributed by atoms with Gasteiger partial charge in [0, 0.05) is 18.2 Å². The highest BCUT2D eigenvalue weighted by molar-refractivity contribution is 8.00. The fourth-order valence-electron chi connectivity index (χ4n) is 3.12. The average Bonchev–Trinajstić information content (AvgIpc) is 3.15. The molecule has 31 heavy (non-hydrogen) atoms. The van der Waals surface area contributed by atoms with Crippen LogP contribution in [0.1, 0.15) is 21.7 Å². The number of para-hydroxylation sites is 1. The molecule has 2 N–H and O–H groups in total. The van der Waals surface area contributed by atoms with Gasteiger partial charge in [0.25, 0.3) is 0 Å². The highest BCUT2D eigenvalue weighted by Gasteiger charge is 2.11. The molecule has 2 aromatic heterocycles. The lowest BCUT2D eigenvalue weighted by Crippen LogP contribution is -2.15. The first-order valence-corrected chi connectivity index (χ1v) is 11.3. The zero-order valence-corrected chi connectivity index (χ0v) is 18.3. The van der Waals surface area contributed by atoms with Crippen LogP contribution >= 0.6 is 23.1 Å². The Kier molecular flexibility index (Phi) is 6.16. The lowest BCUT2D eigenvalue weighted by Gasteiger charge is -2.08. The molecule has 0 bridgehead atoms. The number of anilines is 1. The number of hydrogen-bond donors (Lipinski definition) is 2. The Morgan fingerprint density at radius 1 is 1.23 bits per heavy atom. The molecule has 0 saturated carbocycles. The third kappa shape index (κ3) is 5.02. The van der Waals surface area contributed by atoms with E-state index in [2.05, 4.69) is 27.4 Å². The number of aromatic amines is 1. The van der Waals surface area contributed by atoms with Crippen molar-refractivity contribution in [2.45, 2.75) is 18.4 Å². The number of H-pyrrole nitrogens is 1. The maximum absolute atomic E-state index is 12.3. The first kappa shape index (κ1) is 20.8. The topological polar surface area (TPSA) is 98.6 Å². The van der Waals surface area contributed by atoms with Crippen LogP contribution in [0.25, 0.3) is 10.2 Å². The summed E-state index contributed by atoms with van der Waals surface area (Å²) >= 11 is 2.82. The Morgan fingerprint density at radius 2 is 2.00 bits per heavy atom. The van der Waals surface area contributed by atoms with Gasteiger partial charge in [0.2, 0.25) is 11.5 Å². The summed E-state index contributed by atoms with van der Waals surface area (Å²) in [5, 5.41) is 13.6. The highest BCUT2D eigenvalue weighted by atomic mass is 32.2. The number of benzene rings is 2. The summed E-state index contributed by atoms with van der Waals surface area (Å²) in [5.74, 6) is -0.128. The number of carbonyl (C=O) groups excluding carboxylic acids is 1. The maximum Gasteiger partial charge on any atom is 0.249 e. The quantitative estimate of drug-likeness (QED) is 0.425. The van der Waals surface area contributed by atoms with Crippen LogP contribution in [-0.4, -0.2) is 21.6 Å².